The lowest BCUT2D eigenvalue weighted by Crippen LogP contribution is -2.58. The molecule has 4 saturated carbocycles. The van der Waals surface area contributed by atoms with E-state index < -0.39 is 12.1 Å². The Morgan fingerprint density at radius 1 is 1.00 bits per heavy atom. The Balaban J connectivity index is 1.09. The van der Waals surface area contributed by atoms with Crippen LogP contribution in [0.25, 0.3) is 11.4 Å². The summed E-state index contributed by atoms with van der Waals surface area (Å²) >= 11 is 0. The molecular formula is C23H26F3N5O2. The van der Waals surface area contributed by atoms with Crippen molar-refractivity contribution in [1.82, 2.24) is 20.0 Å². The monoisotopic (exact) mass is 461 g/mol. The van der Waals surface area contributed by atoms with Crippen molar-refractivity contribution in [3.05, 3.63) is 24.2 Å². The highest BCUT2D eigenvalue weighted by Gasteiger charge is 2.55. The molecule has 2 aromatic heterocycles. The van der Waals surface area contributed by atoms with E-state index in [1.165, 1.54) is 25.5 Å². The molecule has 5 fully saturated rings. The molecule has 7 rings (SSSR count). The predicted octanol–water partition coefficient (Wildman–Crippen LogP) is 4.02. The standard InChI is InChI=1S/C23H26F3N5O2/c24-23(25,26)20-28-19(29-33-20)17-1-2-18(27-13-17)30-3-5-31(6-4-30)21(32)22-10-14-7-15(11-22)9-16(8-14)12-22/h1-2,13-16H,3-12H2. The average Bonchev–Trinajstić information content (AvgIpc) is 3.29. The van der Waals surface area contributed by atoms with E-state index in [9.17, 15) is 18.0 Å². The molecule has 1 aliphatic heterocycles. The van der Waals surface area contributed by atoms with Gasteiger partial charge >= 0.3 is 12.1 Å². The van der Waals surface area contributed by atoms with Gasteiger partial charge in [0, 0.05) is 37.9 Å². The fraction of sp³-hybridized carbons (Fsp3) is 0.652. The van der Waals surface area contributed by atoms with Crippen molar-refractivity contribution < 1.29 is 22.5 Å². The Kier molecular flexibility index (Phi) is 4.71. The zero-order valence-corrected chi connectivity index (χ0v) is 18.2. The minimum Gasteiger partial charge on any atom is -0.353 e. The molecule has 33 heavy (non-hydrogen) atoms. The summed E-state index contributed by atoms with van der Waals surface area (Å²) in [4.78, 5) is 25.5. The number of pyridine rings is 1. The van der Waals surface area contributed by atoms with Crippen LogP contribution in [0.2, 0.25) is 0 Å². The largest absolute Gasteiger partial charge is 0.471 e. The second-order valence-corrected chi connectivity index (χ2v) is 10.3. The maximum Gasteiger partial charge on any atom is 0.471 e. The Morgan fingerprint density at radius 3 is 2.15 bits per heavy atom. The summed E-state index contributed by atoms with van der Waals surface area (Å²) in [5.41, 5.74) is 0.241. The molecule has 176 valence electrons. The number of halogens is 3. The first kappa shape index (κ1) is 20.9. The van der Waals surface area contributed by atoms with Gasteiger partial charge in [-0.1, -0.05) is 5.16 Å². The maximum atomic E-state index is 13.6. The van der Waals surface area contributed by atoms with Crippen LogP contribution < -0.4 is 4.90 Å². The van der Waals surface area contributed by atoms with Gasteiger partial charge in [-0.05, 0) is 68.4 Å². The van der Waals surface area contributed by atoms with Crippen LogP contribution in [0, 0.1) is 23.2 Å². The molecule has 0 atom stereocenters. The first-order chi connectivity index (χ1) is 15.8. The van der Waals surface area contributed by atoms with Crippen LogP contribution in [0.4, 0.5) is 19.0 Å². The number of hydrogen-bond acceptors (Lipinski definition) is 6. The van der Waals surface area contributed by atoms with Gasteiger partial charge in [0.1, 0.15) is 5.82 Å². The fourth-order valence-corrected chi connectivity index (χ4v) is 7.01. The number of piperazine rings is 1. The zero-order chi connectivity index (χ0) is 22.8. The third-order valence-electron chi connectivity index (χ3n) is 8.06. The Labute approximate surface area is 189 Å². The summed E-state index contributed by atoms with van der Waals surface area (Å²) in [6, 6.07) is 3.38. The van der Waals surface area contributed by atoms with Crippen LogP contribution in [0.5, 0.6) is 0 Å². The fourth-order valence-electron chi connectivity index (χ4n) is 7.01. The van der Waals surface area contributed by atoms with Crippen molar-refractivity contribution in [2.45, 2.75) is 44.7 Å². The van der Waals surface area contributed by atoms with Gasteiger partial charge in [0.2, 0.25) is 11.7 Å². The Hall–Kier alpha value is -2.65. The van der Waals surface area contributed by atoms with Crippen molar-refractivity contribution in [1.29, 1.82) is 0 Å². The van der Waals surface area contributed by atoms with E-state index in [-0.39, 0.29) is 11.2 Å². The van der Waals surface area contributed by atoms with Crippen molar-refractivity contribution in [2.24, 2.45) is 23.2 Å². The summed E-state index contributed by atoms with van der Waals surface area (Å²) < 4.78 is 42.3. The summed E-state index contributed by atoms with van der Waals surface area (Å²) in [5, 5.41) is 3.40. The minimum absolute atomic E-state index is 0.114. The second-order valence-electron chi connectivity index (χ2n) is 10.3. The molecule has 7 nitrogen and oxygen atoms in total. The summed E-state index contributed by atoms with van der Waals surface area (Å²) in [5.74, 6) is 1.80. The highest BCUT2D eigenvalue weighted by atomic mass is 19.4. The summed E-state index contributed by atoms with van der Waals surface area (Å²) in [6.07, 6.45) is 3.98. The zero-order valence-electron chi connectivity index (χ0n) is 18.2. The lowest BCUT2D eigenvalue weighted by molar-refractivity contribution is -0.159. The molecule has 0 spiro atoms. The number of alkyl halides is 3. The van der Waals surface area contributed by atoms with Gasteiger partial charge in [-0.3, -0.25) is 4.79 Å². The third kappa shape index (κ3) is 3.67. The summed E-state index contributed by atoms with van der Waals surface area (Å²) in [6.45, 7) is 2.71. The van der Waals surface area contributed by atoms with Crippen molar-refractivity contribution in [3.8, 4) is 11.4 Å². The van der Waals surface area contributed by atoms with Crippen LogP contribution in [0.15, 0.2) is 22.9 Å². The van der Waals surface area contributed by atoms with Crippen LogP contribution in [-0.4, -0.2) is 52.1 Å². The third-order valence-corrected chi connectivity index (χ3v) is 8.06. The van der Waals surface area contributed by atoms with Crippen LogP contribution >= 0.6 is 0 Å². The van der Waals surface area contributed by atoms with E-state index in [0.29, 0.717) is 37.6 Å². The molecule has 10 heteroatoms. The number of carbonyl (C=O) groups excluding carboxylic acids is 1. The van der Waals surface area contributed by atoms with E-state index in [0.717, 1.165) is 42.8 Å². The molecule has 0 radical (unpaired) electrons. The number of carbonyl (C=O) groups is 1. The lowest BCUT2D eigenvalue weighted by atomic mass is 9.49. The van der Waals surface area contributed by atoms with E-state index in [1.807, 2.05) is 0 Å². The van der Waals surface area contributed by atoms with Crippen LogP contribution in [0.3, 0.4) is 0 Å². The molecule has 1 amide bonds. The first-order valence-electron chi connectivity index (χ1n) is 11.7. The predicted molar refractivity (Wildman–Crippen MR) is 112 cm³/mol. The SMILES string of the molecule is O=C(N1CCN(c2ccc(-c3noc(C(F)(F)F)n3)cn2)CC1)C12CC3CC(CC(C3)C1)C2. The van der Waals surface area contributed by atoms with Crippen molar-refractivity contribution in [3.63, 3.8) is 0 Å². The van der Waals surface area contributed by atoms with Gasteiger partial charge < -0.3 is 14.3 Å². The van der Waals surface area contributed by atoms with Gasteiger partial charge in [0.05, 0.1) is 5.41 Å². The molecule has 1 saturated heterocycles. The van der Waals surface area contributed by atoms with E-state index in [4.69, 9.17) is 0 Å². The van der Waals surface area contributed by atoms with E-state index >= 15 is 0 Å². The molecule has 3 heterocycles. The van der Waals surface area contributed by atoms with Crippen molar-refractivity contribution in [2.75, 3.05) is 31.1 Å². The average molecular weight is 461 g/mol. The minimum atomic E-state index is -4.67. The number of hydrogen-bond donors (Lipinski definition) is 0. The van der Waals surface area contributed by atoms with Gasteiger partial charge in [0.15, 0.2) is 0 Å². The molecule has 0 aromatic carbocycles. The number of aromatic nitrogens is 3. The number of anilines is 1. The lowest BCUT2D eigenvalue weighted by Gasteiger charge is -2.57. The normalized spacial score (nSPS) is 31.3. The molecule has 0 N–H and O–H groups in total. The molecule has 5 aliphatic rings. The Bertz CT molecular complexity index is 1010. The van der Waals surface area contributed by atoms with E-state index in [1.54, 1.807) is 12.1 Å². The van der Waals surface area contributed by atoms with Crippen LogP contribution in [0.1, 0.15) is 44.4 Å². The van der Waals surface area contributed by atoms with Gasteiger partial charge in [-0.15, -0.1) is 0 Å². The van der Waals surface area contributed by atoms with Crippen molar-refractivity contribution >= 4 is 11.7 Å². The van der Waals surface area contributed by atoms with Gasteiger partial charge in [-0.25, -0.2) is 4.98 Å². The molecule has 4 bridgehead atoms. The topological polar surface area (TPSA) is 75.4 Å². The molecule has 4 aliphatic carbocycles. The quantitative estimate of drug-likeness (QED) is 0.688. The number of nitrogens with zero attached hydrogens (tertiary/aromatic N) is 5. The number of rotatable bonds is 3. The number of amides is 1. The Morgan fingerprint density at radius 2 is 1.64 bits per heavy atom. The molecular weight excluding hydrogens is 435 g/mol. The summed E-state index contributed by atoms with van der Waals surface area (Å²) in [7, 11) is 0. The highest BCUT2D eigenvalue weighted by Crippen LogP contribution is 2.60. The molecule has 0 unspecified atom stereocenters. The first-order valence-corrected chi connectivity index (χ1v) is 11.7. The van der Waals surface area contributed by atoms with Gasteiger partial charge in [0.25, 0.3) is 0 Å². The molecule has 2 aromatic rings. The smallest absolute Gasteiger partial charge is 0.353 e. The maximum absolute atomic E-state index is 13.6. The van der Waals surface area contributed by atoms with E-state index in [2.05, 4.69) is 29.4 Å². The van der Waals surface area contributed by atoms with Gasteiger partial charge in [-0.2, -0.15) is 18.2 Å². The highest BCUT2D eigenvalue weighted by molar-refractivity contribution is 5.83. The second kappa shape index (κ2) is 7.43. The van der Waals surface area contributed by atoms with Crippen LogP contribution in [-0.2, 0) is 11.0 Å².